The summed E-state index contributed by atoms with van der Waals surface area (Å²) in [6.07, 6.45) is 3.47. The Kier molecular flexibility index (Phi) is 5.36. The Balaban J connectivity index is 1.25. The number of hydrogen-bond acceptors (Lipinski definition) is 6. The first-order valence-electron chi connectivity index (χ1n) is 14.3. The summed E-state index contributed by atoms with van der Waals surface area (Å²) in [6.45, 7) is 0. The highest BCUT2D eigenvalue weighted by atomic mass is 16.3. The molecule has 44 heavy (non-hydrogen) atoms. The zero-order valence-corrected chi connectivity index (χ0v) is 23.3. The lowest BCUT2D eigenvalue weighted by molar-refractivity contribution is 0.669. The summed E-state index contributed by atoms with van der Waals surface area (Å²) in [5, 5.41) is 3.16. The van der Waals surface area contributed by atoms with Crippen molar-refractivity contribution < 1.29 is 4.42 Å². The van der Waals surface area contributed by atoms with E-state index >= 15 is 0 Å². The number of fused-ring (bicyclic) bond motifs is 7. The van der Waals surface area contributed by atoms with Crippen LogP contribution in [0.25, 0.3) is 83.7 Å². The zero-order chi connectivity index (χ0) is 29.0. The number of rotatable bonds is 4. The Hall–Kier alpha value is -6.21. The van der Waals surface area contributed by atoms with Crippen LogP contribution in [0.4, 0.5) is 0 Å². The number of benzene rings is 5. The van der Waals surface area contributed by atoms with Crippen molar-refractivity contribution in [3.05, 3.63) is 134 Å². The largest absolute Gasteiger partial charge is 0.456 e. The molecular weight excluding hydrogens is 544 g/mol. The zero-order valence-electron chi connectivity index (χ0n) is 23.3. The molecule has 7 nitrogen and oxygen atoms in total. The van der Waals surface area contributed by atoms with Crippen LogP contribution in [0.1, 0.15) is 0 Å². The maximum Gasteiger partial charge on any atom is 0.164 e. The molecule has 5 aromatic carbocycles. The van der Waals surface area contributed by atoms with Crippen molar-refractivity contribution in [1.29, 1.82) is 0 Å². The standard InChI is InChI=1S/C37H22N6O/c1-3-9-23(10-4-1)35-40-36(24-11-5-2-6-12-24)42-37(41-35)25-15-17-26(18-16-25)43-29-21-38-22-39-33(29)28-19-20-31-32(34(28)43)27-13-7-8-14-30(27)44-31/h1-22H. The van der Waals surface area contributed by atoms with Crippen LogP contribution < -0.4 is 0 Å². The van der Waals surface area contributed by atoms with Crippen molar-refractivity contribution in [3.8, 4) is 39.9 Å². The number of nitrogens with zero attached hydrogens (tertiary/aromatic N) is 6. The predicted molar refractivity (Wildman–Crippen MR) is 173 cm³/mol. The van der Waals surface area contributed by atoms with Crippen molar-refractivity contribution in [2.24, 2.45) is 0 Å². The van der Waals surface area contributed by atoms with E-state index in [0.717, 1.165) is 66.3 Å². The molecule has 0 saturated heterocycles. The van der Waals surface area contributed by atoms with E-state index in [0.29, 0.717) is 17.5 Å². The lowest BCUT2D eigenvalue weighted by atomic mass is 10.1. The van der Waals surface area contributed by atoms with E-state index in [2.05, 4.69) is 50.9 Å². The summed E-state index contributed by atoms with van der Waals surface area (Å²) in [4.78, 5) is 23.7. The molecule has 0 fully saturated rings. The van der Waals surface area contributed by atoms with E-state index in [1.165, 1.54) is 0 Å². The van der Waals surface area contributed by atoms with E-state index < -0.39 is 0 Å². The average molecular weight is 567 g/mol. The van der Waals surface area contributed by atoms with Gasteiger partial charge in [0.05, 0.1) is 28.1 Å². The highest BCUT2D eigenvalue weighted by Crippen LogP contribution is 2.40. The summed E-state index contributed by atoms with van der Waals surface area (Å²) in [5.74, 6) is 1.87. The first kappa shape index (κ1) is 24.4. The lowest BCUT2D eigenvalue weighted by Crippen LogP contribution is -2.00. The molecule has 9 aromatic rings. The smallest absolute Gasteiger partial charge is 0.164 e. The van der Waals surface area contributed by atoms with Gasteiger partial charge in [-0.25, -0.2) is 24.9 Å². The van der Waals surface area contributed by atoms with Crippen LogP contribution in [0.5, 0.6) is 0 Å². The molecule has 4 aromatic heterocycles. The molecule has 0 N–H and O–H groups in total. The number of aromatic nitrogens is 6. The summed E-state index contributed by atoms with van der Waals surface area (Å²) in [5.41, 5.74) is 8.27. The van der Waals surface area contributed by atoms with E-state index in [4.69, 9.17) is 19.4 Å². The van der Waals surface area contributed by atoms with Gasteiger partial charge in [0.25, 0.3) is 0 Å². The minimum absolute atomic E-state index is 0.609. The van der Waals surface area contributed by atoms with Crippen molar-refractivity contribution in [1.82, 2.24) is 29.5 Å². The average Bonchev–Trinajstić information content (AvgIpc) is 3.65. The SMILES string of the molecule is c1ccc(-c2nc(-c3ccccc3)nc(-c3ccc(-n4c5cncnc5c5ccc6oc7ccccc7c6c54)cc3)n2)cc1. The van der Waals surface area contributed by atoms with Crippen molar-refractivity contribution in [3.63, 3.8) is 0 Å². The number of hydrogen-bond donors (Lipinski definition) is 0. The third-order valence-electron chi connectivity index (χ3n) is 8.01. The Morgan fingerprint density at radius 3 is 1.82 bits per heavy atom. The van der Waals surface area contributed by atoms with E-state index in [-0.39, 0.29) is 0 Å². The van der Waals surface area contributed by atoms with Gasteiger partial charge >= 0.3 is 0 Å². The maximum atomic E-state index is 6.25. The fraction of sp³-hybridized carbons (Fsp3) is 0. The van der Waals surface area contributed by atoms with Gasteiger partial charge in [-0.3, -0.25) is 0 Å². The molecule has 0 saturated carbocycles. The van der Waals surface area contributed by atoms with Crippen LogP contribution in [-0.4, -0.2) is 29.5 Å². The molecule has 0 spiro atoms. The van der Waals surface area contributed by atoms with Crippen LogP contribution in [0, 0.1) is 0 Å². The van der Waals surface area contributed by atoms with Gasteiger partial charge in [-0.1, -0.05) is 78.9 Å². The van der Waals surface area contributed by atoms with E-state index in [9.17, 15) is 0 Å². The van der Waals surface area contributed by atoms with Gasteiger partial charge in [0.2, 0.25) is 0 Å². The lowest BCUT2D eigenvalue weighted by Gasteiger charge is -2.11. The maximum absolute atomic E-state index is 6.25. The van der Waals surface area contributed by atoms with Crippen LogP contribution in [0.15, 0.2) is 138 Å². The van der Waals surface area contributed by atoms with Gasteiger partial charge in [0.15, 0.2) is 17.5 Å². The molecule has 0 amide bonds. The minimum Gasteiger partial charge on any atom is -0.456 e. The molecular formula is C37H22N6O. The van der Waals surface area contributed by atoms with Crippen molar-refractivity contribution in [2.45, 2.75) is 0 Å². The monoisotopic (exact) mass is 566 g/mol. The first-order chi connectivity index (χ1) is 21.8. The molecule has 0 unspecified atom stereocenters. The first-order valence-corrected chi connectivity index (χ1v) is 14.3. The second-order valence-corrected chi connectivity index (χ2v) is 10.6. The minimum atomic E-state index is 0.609. The highest BCUT2D eigenvalue weighted by Gasteiger charge is 2.20. The van der Waals surface area contributed by atoms with Gasteiger partial charge in [-0.2, -0.15) is 0 Å². The number of furan rings is 1. The van der Waals surface area contributed by atoms with E-state index in [1.54, 1.807) is 6.33 Å². The Morgan fingerprint density at radius 1 is 0.523 bits per heavy atom. The molecule has 7 heteroatoms. The molecule has 0 radical (unpaired) electrons. The molecule has 0 atom stereocenters. The molecule has 206 valence electrons. The number of para-hydroxylation sites is 1. The molecule has 0 aliphatic heterocycles. The second-order valence-electron chi connectivity index (χ2n) is 10.6. The fourth-order valence-corrected chi connectivity index (χ4v) is 6.00. The third kappa shape index (κ3) is 3.80. The predicted octanol–water partition coefficient (Wildman–Crippen LogP) is 8.66. The third-order valence-corrected chi connectivity index (χ3v) is 8.01. The second kappa shape index (κ2) is 9.68. The van der Waals surface area contributed by atoms with Gasteiger partial charge in [-0.15, -0.1) is 0 Å². The van der Waals surface area contributed by atoms with Crippen LogP contribution in [-0.2, 0) is 0 Å². The Morgan fingerprint density at radius 2 is 1.14 bits per heavy atom. The van der Waals surface area contributed by atoms with Gasteiger partial charge in [0, 0.05) is 33.2 Å². The van der Waals surface area contributed by atoms with Crippen molar-refractivity contribution in [2.75, 3.05) is 0 Å². The highest BCUT2D eigenvalue weighted by molar-refractivity contribution is 6.23. The van der Waals surface area contributed by atoms with E-state index in [1.807, 2.05) is 91.1 Å². The Bertz CT molecular complexity index is 2430. The summed E-state index contributed by atoms with van der Waals surface area (Å²) >= 11 is 0. The molecule has 0 aliphatic rings. The normalized spacial score (nSPS) is 11.6. The Labute approximate surface area is 251 Å². The van der Waals surface area contributed by atoms with Crippen molar-refractivity contribution >= 4 is 43.9 Å². The molecule has 9 rings (SSSR count). The van der Waals surface area contributed by atoms with Crippen LogP contribution in [0.3, 0.4) is 0 Å². The van der Waals surface area contributed by atoms with Gasteiger partial charge < -0.3 is 8.98 Å². The molecule has 0 aliphatic carbocycles. The van der Waals surface area contributed by atoms with Gasteiger partial charge in [0.1, 0.15) is 17.5 Å². The quantitative estimate of drug-likeness (QED) is 0.212. The topological polar surface area (TPSA) is 82.5 Å². The van der Waals surface area contributed by atoms with Crippen LogP contribution in [0.2, 0.25) is 0 Å². The fourth-order valence-electron chi connectivity index (χ4n) is 6.00. The summed E-state index contributed by atoms with van der Waals surface area (Å²) in [7, 11) is 0. The van der Waals surface area contributed by atoms with Gasteiger partial charge in [-0.05, 0) is 42.5 Å². The summed E-state index contributed by atoms with van der Waals surface area (Å²) < 4.78 is 8.47. The summed E-state index contributed by atoms with van der Waals surface area (Å²) in [6, 6.07) is 40.6. The molecule has 0 bridgehead atoms. The van der Waals surface area contributed by atoms with Crippen LogP contribution >= 0.6 is 0 Å². The molecule has 4 heterocycles.